The summed E-state index contributed by atoms with van der Waals surface area (Å²) in [7, 11) is 1.41. The Morgan fingerprint density at radius 1 is 1.29 bits per heavy atom. The van der Waals surface area contributed by atoms with Gasteiger partial charge in [-0.2, -0.15) is 0 Å². The van der Waals surface area contributed by atoms with Crippen LogP contribution in [-0.2, 0) is 9.53 Å². The van der Waals surface area contributed by atoms with Crippen molar-refractivity contribution < 1.29 is 9.53 Å². The van der Waals surface area contributed by atoms with Crippen molar-refractivity contribution in [1.29, 1.82) is 0 Å². The highest BCUT2D eigenvalue weighted by Crippen LogP contribution is 2.18. The lowest BCUT2D eigenvalue weighted by Crippen LogP contribution is -2.46. The summed E-state index contributed by atoms with van der Waals surface area (Å²) in [6.45, 7) is 12.6. The fourth-order valence-corrected chi connectivity index (χ4v) is 2.66. The maximum absolute atomic E-state index is 11.4. The van der Waals surface area contributed by atoms with Crippen molar-refractivity contribution in [2.24, 2.45) is 0 Å². The van der Waals surface area contributed by atoms with E-state index in [0.29, 0.717) is 11.5 Å². The van der Waals surface area contributed by atoms with E-state index in [0.717, 1.165) is 50.1 Å². The van der Waals surface area contributed by atoms with E-state index < -0.39 is 0 Å². The molecular weight excluding hydrogens is 304 g/mol. The first kappa shape index (κ1) is 18.4. The predicted molar refractivity (Wildman–Crippen MR) is 95.3 cm³/mol. The first-order valence-corrected chi connectivity index (χ1v) is 8.48. The van der Waals surface area contributed by atoms with Crippen LogP contribution in [0, 0.1) is 6.92 Å². The van der Waals surface area contributed by atoms with Crippen LogP contribution in [0.3, 0.4) is 0 Å². The minimum Gasteiger partial charge on any atom is -0.466 e. The molecule has 24 heavy (non-hydrogen) atoms. The first-order chi connectivity index (χ1) is 11.4. The van der Waals surface area contributed by atoms with Crippen molar-refractivity contribution in [2.75, 3.05) is 44.7 Å². The number of carbonyl (C=O) groups is 1. The molecule has 1 saturated heterocycles. The van der Waals surface area contributed by atoms with Crippen molar-refractivity contribution in [3.8, 4) is 0 Å². The van der Waals surface area contributed by atoms with Gasteiger partial charge in [-0.3, -0.25) is 4.90 Å². The average Bonchev–Trinajstić information content (AvgIpc) is 2.58. The zero-order chi connectivity index (χ0) is 17.7. The quantitative estimate of drug-likeness (QED) is 0.608. The van der Waals surface area contributed by atoms with Crippen LogP contribution in [-0.4, -0.2) is 60.7 Å². The van der Waals surface area contributed by atoms with Crippen molar-refractivity contribution in [2.45, 2.75) is 33.6 Å². The maximum atomic E-state index is 11.4. The van der Waals surface area contributed by atoms with Crippen molar-refractivity contribution in [3.05, 3.63) is 29.2 Å². The van der Waals surface area contributed by atoms with Crippen LogP contribution in [0.4, 0.5) is 5.82 Å². The molecule has 1 aromatic heterocycles. The van der Waals surface area contributed by atoms with Crippen molar-refractivity contribution >= 4 is 11.8 Å². The molecule has 0 unspecified atom stereocenters. The topological polar surface area (TPSA) is 58.6 Å². The van der Waals surface area contributed by atoms with Gasteiger partial charge in [-0.15, -0.1) is 0 Å². The molecule has 6 heteroatoms. The zero-order valence-corrected chi connectivity index (χ0v) is 15.4. The lowest BCUT2D eigenvalue weighted by Gasteiger charge is -2.35. The van der Waals surface area contributed by atoms with Crippen LogP contribution in [0.15, 0.2) is 17.7 Å². The Kier molecular flexibility index (Phi) is 6.31. The van der Waals surface area contributed by atoms with Gasteiger partial charge in [-0.05, 0) is 13.8 Å². The van der Waals surface area contributed by atoms with E-state index in [4.69, 9.17) is 9.72 Å². The van der Waals surface area contributed by atoms with E-state index in [-0.39, 0.29) is 5.97 Å². The number of nitrogens with zero attached hydrogens (tertiary/aromatic N) is 4. The highest BCUT2D eigenvalue weighted by atomic mass is 16.5. The summed E-state index contributed by atoms with van der Waals surface area (Å²) in [5, 5.41) is 0. The molecule has 1 fully saturated rings. The van der Waals surface area contributed by atoms with Gasteiger partial charge in [0.15, 0.2) is 0 Å². The highest BCUT2D eigenvalue weighted by molar-refractivity contribution is 5.87. The van der Waals surface area contributed by atoms with Crippen LogP contribution in [0.1, 0.15) is 38.2 Å². The molecular formula is C18H28N4O2. The summed E-state index contributed by atoms with van der Waals surface area (Å²) in [5.41, 5.74) is 1.68. The Morgan fingerprint density at radius 3 is 2.54 bits per heavy atom. The number of hydrogen-bond acceptors (Lipinski definition) is 6. The summed E-state index contributed by atoms with van der Waals surface area (Å²) in [4.78, 5) is 25.3. The number of carbonyl (C=O) groups excluding carboxylic acids is 1. The predicted octanol–water partition coefficient (Wildman–Crippen LogP) is 2.15. The first-order valence-electron chi connectivity index (χ1n) is 8.48. The van der Waals surface area contributed by atoms with Gasteiger partial charge in [0, 0.05) is 56.0 Å². The van der Waals surface area contributed by atoms with Crippen LogP contribution >= 0.6 is 0 Å². The number of aryl methyl sites for hydroxylation is 1. The molecule has 0 amide bonds. The van der Waals surface area contributed by atoms with E-state index in [9.17, 15) is 4.79 Å². The number of aromatic nitrogens is 2. The Morgan fingerprint density at radius 2 is 1.96 bits per heavy atom. The van der Waals surface area contributed by atoms with Crippen molar-refractivity contribution in [1.82, 2.24) is 14.9 Å². The summed E-state index contributed by atoms with van der Waals surface area (Å²) in [5.74, 6) is 2.00. The molecule has 1 aliphatic rings. The molecule has 0 radical (unpaired) electrons. The average molecular weight is 332 g/mol. The fraction of sp³-hybridized carbons (Fsp3) is 0.611. The number of rotatable bonds is 5. The van der Waals surface area contributed by atoms with E-state index in [1.54, 1.807) is 6.92 Å². The molecule has 1 aromatic rings. The van der Waals surface area contributed by atoms with E-state index in [1.807, 2.05) is 13.0 Å². The summed E-state index contributed by atoms with van der Waals surface area (Å²) < 4.78 is 4.72. The Hall–Kier alpha value is -1.95. The SMILES string of the molecule is COC(=O)/C(C)=C\CN1CCN(c2cc(C)nc(C(C)C)n2)CC1. The smallest absolute Gasteiger partial charge is 0.333 e. The maximum Gasteiger partial charge on any atom is 0.333 e. The molecule has 0 saturated carbocycles. The Bertz CT molecular complexity index is 605. The number of methoxy groups -OCH3 is 1. The van der Waals surface area contributed by atoms with Gasteiger partial charge < -0.3 is 9.64 Å². The molecule has 0 aromatic carbocycles. The lowest BCUT2D eigenvalue weighted by atomic mass is 10.2. The standard InChI is InChI=1S/C18H28N4O2/c1-13(2)17-19-15(4)12-16(20-17)22-10-8-21(9-11-22)7-6-14(3)18(23)24-5/h6,12-13H,7-11H2,1-5H3/b14-6-. The zero-order valence-electron chi connectivity index (χ0n) is 15.4. The van der Waals surface area contributed by atoms with Gasteiger partial charge in [0.1, 0.15) is 11.6 Å². The summed E-state index contributed by atoms with van der Waals surface area (Å²) in [6.07, 6.45) is 1.94. The van der Waals surface area contributed by atoms with Crippen LogP contribution in [0.2, 0.25) is 0 Å². The Labute approximate surface area is 144 Å². The second kappa shape index (κ2) is 8.24. The number of piperazine rings is 1. The normalized spacial score (nSPS) is 16.6. The largest absolute Gasteiger partial charge is 0.466 e. The molecule has 2 rings (SSSR count). The van der Waals surface area contributed by atoms with E-state index >= 15 is 0 Å². The minimum absolute atomic E-state index is 0.258. The van der Waals surface area contributed by atoms with Crippen LogP contribution < -0.4 is 4.90 Å². The third-order valence-corrected chi connectivity index (χ3v) is 4.23. The van der Waals surface area contributed by atoms with Gasteiger partial charge in [0.25, 0.3) is 0 Å². The summed E-state index contributed by atoms with van der Waals surface area (Å²) >= 11 is 0. The fourth-order valence-electron chi connectivity index (χ4n) is 2.66. The highest BCUT2D eigenvalue weighted by Gasteiger charge is 2.19. The van der Waals surface area contributed by atoms with Crippen LogP contribution in [0.25, 0.3) is 0 Å². The van der Waals surface area contributed by atoms with Crippen molar-refractivity contribution in [3.63, 3.8) is 0 Å². The van der Waals surface area contributed by atoms with Gasteiger partial charge in [-0.1, -0.05) is 19.9 Å². The van der Waals surface area contributed by atoms with Crippen LogP contribution in [0.5, 0.6) is 0 Å². The molecule has 0 bridgehead atoms. The second-order valence-corrected chi connectivity index (χ2v) is 6.55. The lowest BCUT2D eigenvalue weighted by molar-refractivity contribution is -0.136. The number of esters is 1. The van der Waals surface area contributed by atoms with Gasteiger partial charge >= 0.3 is 5.97 Å². The van der Waals surface area contributed by atoms with Gasteiger partial charge in [0.05, 0.1) is 7.11 Å². The molecule has 0 aliphatic carbocycles. The molecule has 132 valence electrons. The molecule has 1 aliphatic heterocycles. The molecule has 2 heterocycles. The van der Waals surface area contributed by atoms with Gasteiger partial charge in [-0.25, -0.2) is 14.8 Å². The molecule has 0 spiro atoms. The second-order valence-electron chi connectivity index (χ2n) is 6.55. The number of ether oxygens (including phenoxy) is 1. The monoisotopic (exact) mass is 332 g/mol. The van der Waals surface area contributed by atoms with Gasteiger partial charge in [0.2, 0.25) is 0 Å². The summed E-state index contributed by atoms with van der Waals surface area (Å²) in [6, 6.07) is 2.06. The molecule has 6 nitrogen and oxygen atoms in total. The minimum atomic E-state index is -0.258. The molecule has 0 N–H and O–H groups in total. The third kappa shape index (κ3) is 4.77. The molecule has 0 atom stereocenters. The number of hydrogen-bond donors (Lipinski definition) is 0. The van der Waals surface area contributed by atoms with E-state index in [2.05, 4.69) is 34.7 Å². The third-order valence-electron chi connectivity index (χ3n) is 4.23. The Balaban J connectivity index is 1.94. The number of anilines is 1. The van der Waals surface area contributed by atoms with E-state index in [1.165, 1.54) is 7.11 Å².